The monoisotopic (exact) mass is 378 g/mol. The predicted octanol–water partition coefficient (Wildman–Crippen LogP) is 4.88. The van der Waals surface area contributed by atoms with E-state index < -0.39 is 15.6 Å². The summed E-state index contributed by atoms with van der Waals surface area (Å²) in [4.78, 5) is 0. The topological polar surface area (TPSA) is 80.3 Å². The molecule has 0 fully saturated rings. The summed E-state index contributed by atoms with van der Waals surface area (Å²) in [5.41, 5.74) is 0. The molecule has 0 aromatic rings. The maximum absolute atomic E-state index is 11.9. The molecule has 19 heavy (non-hydrogen) atoms. The molecule has 0 bridgehead atoms. The number of halogens is 3. The van der Waals surface area contributed by atoms with Crippen molar-refractivity contribution >= 4 is 51.0 Å². The molecule has 116 valence electrons. The van der Waals surface area contributed by atoms with E-state index in [0.717, 1.165) is 0 Å². The van der Waals surface area contributed by atoms with Crippen LogP contribution < -0.4 is 0 Å². The first kappa shape index (κ1) is 20.1. The van der Waals surface area contributed by atoms with E-state index in [0.29, 0.717) is 6.42 Å². The molecule has 0 N–H and O–H groups in total. The van der Waals surface area contributed by atoms with Crippen LogP contribution in [0.1, 0.15) is 20.3 Å². The molecule has 7 nitrogen and oxygen atoms in total. The Kier molecular flexibility index (Phi) is 10.5. The highest BCUT2D eigenvalue weighted by molar-refractivity contribution is 7.63. The highest BCUT2D eigenvalue weighted by Crippen LogP contribution is 2.67. The van der Waals surface area contributed by atoms with Crippen LogP contribution in [0.3, 0.4) is 0 Å². The molecule has 0 amide bonds. The number of alkyl halides is 1. The average Bonchev–Trinajstić information content (AvgIpc) is 2.36. The van der Waals surface area contributed by atoms with E-state index in [1.54, 1.807) is 0 Å². The van der Waals surface area contributed by atoms with Gasteiger partial charge in [-0.1, -0.05) is 13.8 Å². The molecule has 0 aliphatic carbocycles. The van der Waals surface area contributed by atoms with Crippen molar-refractivity contribution in [1.29, 1.82) is 0 Å². The Balaban J connectivity index is 4.56. The third-order valence-electron chi connectivity index (χ3n) is 1.64. The number of hydrogen-bond donors (Lipinski definition) is 0. The van der Waals surface area contributed by atoms with Gasteiger partial charge in [0.1, 0.15) is 0 Å². The summed E-state index contributed by atoms with van der Waals surface area (Å²) in [6, 6.07) is 0. The van der Waals surface area contributed by atoms with Gasteiger partial charge in [-0.3, -0.25) is 9.05 Å². The molecule has 0 saturated carbocycles. The second kappa shape index (κ2) is 9.96. The highest BCUT2D eigenvalue weighted by atomic mass is 35.5. The second-order valence-corrected chi connectivity index (χ2v) is 8.09. The fourth-order valence-corrected chi connectivity index (χ4v) is 3.94. The molecule has 0 saturated heterocycles. The zero-order valence-electron chi connectivity index (χ0n) is 10.3. The first-order valence-electron chi connectivity index (χ1n) is 5.18. The zero-order chi connectivity index (χ0) is 14.9. The molecule has 2 atom stereocenters. The number of rotatable bonds is 11. The van der Waals surface area contributed by atoms with Gasteiger partial charge in [0.15, 0.2) is 0 Å². The lowest BCUT2D eigenvalue weighted by Crippen LogP contribution is -2.02. The van der Waals surface area contributed by atoms with Gasteiger partial charge >= 0.3 is 15.6 Å². The van der Waals surface area contributed by atoms with Gasteiger partial charge in [-0.25, -0.2) is 9.13 Å². The maximum Gasteiger partial charge on any atom is 0.500 e. The molecule has 0 spiro atoms. The van der Waals surface area contributed by atoms with Gasteiger partial charge in [0.25, 0.3) is 0 Å². The summed E-state index contributed by atoms with van der Waals surface area (Å²) in [5.74, 6) is 0.278. The summed E-state index contributed by atoms with van der Waals surface area (Å²) < 4.78 is 45.6. The van der Waals surface area contributed by atoms with Gasteiger partial charge in [-0.05, 0) is 12.3 Å². The fourth-order valence-electron chi connectivity index (χ4n) is 0.781. The molecule has 0 heterocycles. The molecule has 2 unspecified atom stereocenters. The van der Waals surface area contributed by atoms with Crippen molar-refractivity contribution in [2.45, 2.75) is 20.3 Å². The zero-order valence-corrected chi connectivity index (χ0v) is 14.3. The lowest BCUT2D eigenvalue weighted by molar-refractivity contribution is 0.166. The summed E-state index contributed by atoms with van der Waals surface area (Å²) in [7, 11) is -8.65. The standard InChI is InChI=1S/C7H15Cl3O7P2/c1-7(2)3-5-13-18(11,15-9)17-19(12,16-10)14-6-4-8/h7H,3-6H2,1-2H3. The third-order valence-corrected chi connectivity index (χ3v) is 5.74. The van der Waals surface area contributed by atoms with Crippen molar-refractivity contribution in [3.05, 3.63) is 0 Å². The highest BCUT2D eigenvalue weighted by Gasteiger charge is 2.41. The van der Waals surface area contributed by atoms with Gasteiger partial charge in [0.2, 0.25) is 0 Å². The van der Waals surface area contributed by atoms with E-state index in [1.165, 1.54) is 0 Å². The average molecular weight is 379 g/mol. The van der Waals surface area contributed by atoms with Gasteiger partial charge in [0, 0.05) is 5.88 Å². The van der Waals surface area contributed by atoms with Crippen LogP contribution in [0.2, 0.25) is 0 Å². The molecule has 12 heteroatoms. The number of phosphoric acid groups is 2. The first-order valence-corrected chi connectivity index (χ1v) is 9.25. The Morgan fingerprint density at radius 3 is 1.84 bits per heavy atom. The Morgan fingerprint density at radius 2 is 1.47 bits per heavy atom. The predicted molar refractivity (Wildman–Crippen MR) is 72.3 cm³/mol. The van der Waals surface area contributed by atoms with Crippen molar-refractivity contribution in [3.8, 4) is 0 Å². The van der Waals surface area contributed by atoms with Crippen LogP contribution in [-0.2, 0) is 30.6 Å². The van der Waals surface area contributed by atoms with Crippen LogP contribution in [0.5, 0.6) is 0 Å². The van der Waals surface area contributed by atoms with Crippen LogP contribution in [0.4, 0.5) is 0 Å². The Labute approximate surface area is 127 Å². The van der Waals surface area contributed by atoms with Gasteiger partial charge < -0.3 is 0 Å². The summed E-state index contributed by atoms with van der Waals surface area (Å²) in [5, 5.41) is 0. The van der Waals surface area contributed by atoms with E-state index in [9.17, 15) is 9.13 Å². The Bertz CT molecular complexity index is 341. The van der Waals surface area contributed by atoms with Crippen molar-refractivity contribution in [3.63, 3.8) is 0 Å². The van der Waals surface area contributed by atoms with Gasteiger partial charge in [0.05, 0.1) is 36.9 Å². The number of hydrogen-bond acceptors (Lipinski definition) is 7. The normalized spacial score (nSPS) is 18.2. The van der Waals surface area contributed by atoms with Crippen molar-refractivity contribution < 1.29 is 30.6 Å². The molecular formula is C7H15Cl3O7P2. The molecular weight excluding hydrogens is 364 g/mol. The van der Waals surface area contributed by atoms with Crippen molar-refractivity contribution in [1.82, 2.24) is 0 Å². The molecule has 0 aliphatic rings. The maximum atomic E-state index is 11.9. The summed E-state index contributed by atoms with van der Waals surface area (Å²) >= 11 is 15.3. The van der Waals surface area contributed by atoms with E-state index in [4.69, 9.17) is 39.9 Å². The van der Waals surface area contributed by atoms with Gasteiger partial charge in [-0.2, -0.15) is 12.5 Å². The quantitative estimate of drug-likeness (QED) is 0.374. The lowest BCUT2D eigenvalue weighted by Gasteiger charge is -2.18. The first-order chi connectivity index (χ1) is 8.81. The summed E-state index contributed by atoms with van der Waals surface area (Å²) in [6.07, 6.45) is 0.558. The van der Waals surface area contributed by atoms with Crippen molar-refractivity contribution in [2.75, 3.05) is 19.1 Å². The Morgan fingerprint density at radius 1 is 1.00 bits per heavy atom. The van der Waals surface area contributed by atoms with Crippen LogP contribution >= 0.6 is 51.0 Å². The van der Waals surface area contributed by atoms with Crippen LogP contribution in [-0.4, -0.2) is 19.1 Å². The van der Waals surface area contributed by atoms with Crippen LogP contribution in [0, 0.1) is 5.92 Å². The van der Waals surface area contributed by atoms with E-state index in [-0.39, 0.29) is 25.0 Å². The molecule has 0 radical (unpaired) electrons. The van der Waals surface area contributed by atoms with Crippen LogP contribution in [0.15, 0.2) is 0 Å². The molecule has 0 aromatic carbocycles. The lowest BCUT2D eigenvalue weighted by atomic mass is 10.2. The second-order valence-electron chi connectivity index (χ2n) is 3.65. The molecule has 0 rings (SSSR count). The SMILES string of the molecule is CC(C)CCOP(=O)(OCl)OP(=O)(OCl)OCCCl. The van der Waals surface area contributed by atoms with Gasteiger partial charge in [-0.15, -0.1) is 11.6 Å². The fraction of sp³-hybridized carbons (Fsp3) is 1.00. The molecule has 0 aromatic heterocycles. The molecule has 0 aliphatic heterocycles. The van der Waals surface area contributed by atoms with E-state index >= 15 is 0 Å². The smallest absolute Gasteiger partial charge is 0.286 e. The minimum absolute atomic E-state index is 0.00611. The van der Waals surface area contributed by atoms with E-state index in [1.807, 2.05) is 13.8 Å². The minimum Gasteiger partial charge on any atom is -0.286 e. The van der Waals surface area contributed by atoms with Crippen LogP contribution in [0.25, 0.3) is 0 Å². The largest absolute Gasteiger partial charge is 0.500 e. The Hall–Kier alpha value is 1.13. The minimum atomic E-state index is -4.34. The summed E-state index contributed by atoms with van der Waals surface area (Å²) in [6.45, 7) is 3.65. The van der Waals surface area contributed by atoms with E-state index in [2.05, 4.69) is 17.0 Å². The third kappa shape index (κ3) is 8.89. The van der Waals surface area contributed by atoms with Crippen molar-refractivity contribution in [2.24, 2.45) is 5.92 Å².